The van der Waals surface area contributed by atoms with Crippen LogP contribution < -0.4 is 0 Å². The number of imidazole rings is 1. The summed E-state index contributed by atoms with van der Waals surface area (Å²) in [6, 6.07) is 8.18. The minimum atomic E-state index is 0.0142. The standard InChI is InChI=1S/C18H20N4O2/c1-21-15-5-3-2-4-14(15)20-16(21)12-22-9-6-13(7-10-22)17(23)18-19-8-11-24-18/h2-5,8,11,13H,6-7,9-10,12H2,1H3. The number of aryl methyl sites for hydroxylation is 1. The minimum Gasteiger partial charge on any atom is -0.442 e. The number of nitrogens with zero attached hydrogens (tertiary/aromatic N) is 4. The lowest BCUT2D eigenvalue weighted by Gasteiger charge is -2.30. The van der Waals surface area contributed by atoms with Crippen molar-refractivity contribution in [3.8, 4) is 0 Å². The highest BCUT2D eigenvalue weighted by Crippen LogP contribution is 2.23. The Kier molecular flexibility index (Phi) is 3.90. The summed E-state index contributed by atoms with van der Waals surface area (Å²) >= 11 is 0. The van der Waals surface area contributed by atoms with Gasteiger partial charge in [0, 0.05) is 13.0 Å². The summed E-state index contributed by atoms with van der Waals surface area (Å²) < 4.78 is 7.28. The van der Waals surface area contributed by atoms with E-state index in [1.165, 1.54) is 12.5 Å². The van der Waals surface area contributed by atoms with E-state index >= 15 is 0 Å². The number of Topliss-reactive ketones (excluding diaryl/α,β-unsaturated/α-hetero) is 1. The molecule has 6 heteroatoms. The Labute approximate surface area is 140 Å². The zero-order valence-electron chi connectivity index (χ0n) is 13.7. The molecule has 2 aromatic heterocycles. The summed E-state index contributed by atoms with van der Waals surface area (Å²) in [7, 11) is 2.06. The Balaban J connectivity index is 1.41. The Morgan fingerprint density at radius 1 is 1.29 bits per heavy atom. The zero-order valence-corrected chi connectivity index (χ0v) is 13.7. The zero-order chi connectivity index (χ0) is 16.5. The number of carbonyl (C=O) groups excluding carboxylic acids is 1. The molecular formula is C18H20N4O2. The van der Waals surface area contributed by atoms with Crippen LogP contribution in [0.25, 0.3) is 11.0 Å². The van der Waals surface area contributed by atoms with Crippen molar-refractivity contribution in [1.29, 1.82) is 0 Å². The van der Waals surface area contributed by atoms with E-state index in [1.54, 1.807) is 0 Å². The Morgan fingerprint density at radius 3 is 2.79 bits per heavy atom. The highest BCUT2D eigenvalue weighted by Gasteiger charge is 2.28. The average molecular weight is 324 g/mol. The number of oxazole rings is 1. The van der Waals surface area contributed by atoms with Gasteiger partial charge in [-0.1, -0.05) is 12.1 Å². The first-order valence-electron chi connectivity index (χ1n) is 8.29. The van der Waals surface area contributed by atoms with E-state index in [1.807, 2.05) is 18.2 Å². The van der Waals surface area contributed by atoms with Crippen molar-refractivity contribution in [3.05, 3.63) is 48.4 Å². The van der Waals surface area contributed by atoms with Crippen LogP contribution in [0.5, 0.6) is 0 Å². The summed E-state index contributed by atoms with van der Waals surface area (Å²) in [4.78, 5) is 23.4. The van der Waals surface area contributed by atoms with E-state index in [2.05, 4.69) is 27.6 Å². The second kappa shape index (κ2) is 6.20. The molecule has 0 radical (unpaired) electrons. The number of benzene rings is 1. The molecule has 0 atom stereocenters. The van der Waals surface area contributed by atoms with Crippen molar-refractivity contribution >= 4 is 16.8 Å². The fourth-order valence-corrected chi connectivity index (χ4v) is 3.41. The molecule has 0 unspecified atom stereocenters. The monoisotopic (exact) mass is 324 g/mol. The number of hydrogen-bond acceptors (Lipinski definition) is 5. The minimum absolute atomic E-state index is 0.0142. The number of fused-ring (bicyclic) bond motifs is 1. The van der Waals surface area contributed by atoms with Gasteiger partial charge in [0.25, 0.3) is 5.89 Å². The van der Waals surface area contributed by atoms with Crippen LogP contribution in [0.4, 0.5) is 0 Å². The number of aromatic nitrogens is 3. The SMILES string of the molecule is Cn1c(CN2CCC(C(=O)c3ncco3)CC2)nc2ccccc21. The summed E-state index contributed by atoms with van der Waals surface area (Å²) in [5.41, 5.74) is 2.19. The third-order valence-electron chi connectivity index (χ3n) is 4.85. The molecule has 1 aliphatic rings. The molecule has 0 aliphatic carbocycles. The smallest absolute Gasteiger partial charge is 0.263 e. The van der Waals surface area contributed by atoms with Gasteiger partial charge in [-0.2, -0.15) is 0 Å². The van der Waals surface area contributed by atoms with E-state index < -0.39 is 0 Å². The first-order chi connectivity index (χ1) is 11.7. The summed E-state index contributed by atoms with van der Waals surface area (Å²) in [5, 5.41) is 0. The van der Waals surface area contributed by atoms with Crippen molar-refractivity contribution in [2.24, 2.45) is 13.0 Å². The second-order valence-electron chi connectivity index (χ2n) is 6.33. The molecule has 1 aromatic carbocycles. The number of likely N-dealkylation sites (tertiary alicyclic amines) is 1. The van der Waals surface area contributed by atoms with Crippen LogP contribution in [0.3, 0.4) is 0 Å². The third-order valence-corrected chi connectivity index (χ3v) is 4.85. The van der Waals surface area contributed by atoms with Crippen molar-refractivity contribution in [2.75, 3.05) is 13.1 Å². The van der Waals surface area contributed by atoms with Crippen LogP contribution in [-0.4, -0.2) is 38.3 Å². The van der Waals surface area contributed by atoms with Gasteiger partial charge in [-0.15, -0.1) is 0 Å². The fourth-order valence-electron chi connectivity index (χ4n) is 3.41. The number of ketones is 1. The predicted octanol–water partition coefficient (Wildman–Crippen LogP) is 2.66. The van der Waals surface area contributed by atoms with E-state index in [0.717, 1.165) is 49.3 Å². The quantitative estimate of drug-likeness (QED) is 0.690. The molecule has 1 saturated heterocycles. The highest BCUT2D eigenvalue weighted by atomic mass is 16.3. The van der Waals surface area contributed by atoms with Gasteiger partial charge in [0.1, 0.15) is 12.1 Å². The molecule has 6 nitrogen and oxygen atoms in total. The molecule has 124 valence electrons. The van der Waals surface area contributed by atoms with Gasteiger partial charge < -0.3 is 8.98 Å². The largest absolute Gasteiger partial charge is 0.442 e. The number of para-hydroxylation sites is 2. The molecule has 0 saturated carbocycles. The number of carbonyl (C=O) groups is 1. The number of hydrogen-bond donors (Lipinski definition) is 0. The van der Waals surface area contributed by atoms with Crippen LogP contribution in [0.15, 0.2) is 41.1 Å². The van der Waals surface area contributed by atoms with Gasteiger partial charge in [0.05, 0.1) is 23.8 Å². The lowest BCUT2D eigenvalue weighted by atomic mass is 9.92. The third kappa shape index (κ3) is 2.73. The predicted molar refractivity (Wildman–Crippen MR) is 89.5 cm³/mol. The van der Waals surface area contributed by atoms with Gasteiger partial charge in [-0.25, -0.2) is 9.97 Å². The molecule has 0 N–H and O–H groups in total. The summed E-state index contributed by atoms with van der Waals surface area (Å²) in [6.07, 6.45) is 4.65. The van der Waals surface area contributed by atoms with Crippen LogP contribution in [0.2, 0.25) is 0 Å². The lowest BCUT2D eigenvalue weighted by Crippen LogP contribution is -2.36. The maximum Gasteiger partial charge on any atom is 0.263 e. The number of piperidine rings is 1. The van der Waals surface area contributed by atoms with Gasteiger partial charge >= 0.3 is 0 Å². The van der Waals surface area contributed by atoms with Gasteiger partial charge in [-0.05, 0) is 38.1 Å². The van der Waals surface area contributed by atoms with Crippen LogP contribution in [0, 0.1) is 5.92 Å². The molecule has 0 bridgehead atoms. The number of rotatable bonds is 4. The molecule has 4 rings (SSSR count). The van der Waals surface area contributed by atoms with E-state index in [-0.39, 0.29) is 17.6 Å². The van der Waals surface area contributed by atoms with Crippen molar-refractivity contribution in [3.63, 3.8) is 0 Å². The lowest BCUT2D eigenvalue weighted by molar-refractivity contribution is 0.0796. The topological polar surface area (TPSA) is 64.2 Å². The van der Waals surface area contributed by atoms with Crippen molar-refractivity contribution < 1.29 is 9.21 Å². The Bertz CT molecular complexity index is 845. The van der Waals surface area contributed by atoms with Gasteiger partial charge in [-0.3, -0.25) is 9.69 Å². The first kappa shape index (κ1) is 15.1. The maximum atomic E-state index is 12.3. The summed E-state index contributed by atoms with van der Waals surface area (Å²) in [6.45, 7) is 2.59. The van der Waals surface area contributed by atoms with E-state index in [9.17, 15) is 4.79 Å². The molecule has 0 amide bonds. The van der Waals surface area contributed by atoms with Gasteiger partial charge in [0.15, 0.2) is 0 Å². The Morgan fingerprint density at radius 2 is 2.08 bits per heavy atom. The molecule has 3 heterocycles. The van der Waals surface area contributed by atoms with Crippen LogP contribution in [-0.2, 0) is 13.6 Å². The fraction of sp³-hybridized carbons (Fsp3) is 0.389. The Hall–Kier alpha value is -2.47. The van der Waals surface area contributed by atoms with Crippen molar-refractivity contribution in [1.82, 2.24) is 19.4 Å². The molecular weight excluding hydrogens is 304 g/mol. The van der Waals surface area contributed by atoms with Gasteiger partial charge in [0.2, 0.25) is 5.78 Å². The molecule has 1 aliphatic heterocycles. The molecule has 3 aromatic rings. The average Bonchev–Trinajstić information content (AvgIpc) is 3.25. The van der Waals surface area contributed by atoms with Crippen LogP contribution in [0.1, 0.15) is 29.4 Å². The summed E-state index contributed by atoms with van der Waals surface area (Å²) in [5.74, 6) is 1.35. The van der Waals surface area contributed by atoms with Crippen molar-refractivity contribution in [2.45, 2.75) is 19.4 Å². The first-order valence-corrected chi connectivity index (χ1v) is 8.29. The molecule has 24 heavy (non-hydrogen) atoms. The van der Waals surface area contributed by atoms with Crippen LogP contribution >= 0.6 is 0 Å². The van der Waals surface area contributed by atoms with E-state index in [4.69, 9.17) is 9.40 Å². The maximum absolute atomic E-state index is 12.3. The molecule has 0 spiro atoms. The molecule has 1 fully saturated rings. The normalized spacial score (nSPS) is 16.7. The van der Waals surface area contributed by atoms with E-state index in [0.29, 0.717) is 0 Å². The highest BCUT2D eigenvalue weighted by molar-refractivity contribution is 5.93. The second-order valence-corrected chi connectivity index (χ2v) is 6.33.